The van der Waals surface area contributed by atoms with Crippen LogP contribution in [0.4, 0.5) is 0 Å². The molecule has 0 amide bonds. The van der Waals surface area contributed by atoms with E-state index in [-0.39, 0.29) is 0 Å². The lowest BCUT2D eigenvalue weighted by atomic mass is 10.5. The first kappa shape index (κ1) is 18.8. The number of ether oxygens (including phenoxy) is 1. The Hall–Kier alpha value is -0.240. The van der Waals surface area contributed by atoms with Gasteiger partial charge in [0.2, 0.25) is 0 Å². The molecule has 0 rings (SSSR count). The van der Waals surface area contributed by atoms with Crippen molar-refractivity contribution < 1.29 is 18.8 Å². The van der Waals surface area contributed by atoms with E-state index in [1.807, 2.05) is 21.1 Å². The predicted octanol–water partition coefficient (Wildman–Crippen LogP) is -1.07. The monoisotopic (exact) mass is 277 g/mol. The molecule has 0 spiro atoms. The van der Waals surface area contributed by atoms with Crippen molar-refractivity contribution in [3.05, 3.63) is 0 Å². The van der Waals surface area contributed by atoms with Gasteiger partial charge in [-0.1, -0.05) is 6.92 Å². The van der Waals surface area contributed by atoms with E-state index in [4.69, 9.17) is 4.74 Å². The summed E-state index contributed by atoms with van der Waals surface area (Å²) in [6.45, 7) is 5.82. The number of rotatable bonds is 11. The zero-order chi connectivity index (χ0) is 14.9. The number of hydrogen-bond acceptors (Lipinski definition) is 4. The van der Waals surface area contributed by atoms with Gasteiger partial charge in [0.1, 0.15) is 19.9 Å². The Morgan fingerprint density at radius 1 is 1.00 bits per heavy atom. The average Bonchev–Trinajstić information content (AvgIpc) is 2.29. The molecule has 0 aromatic rings. The third kappa shape index (κ3) is 12.5. The van der Waals surface area contributed by atoms with Gasteiger partial charge in [-0.2, -0.15) is 0 Å². The summed E-state index contributed by atoms with van der Waals surface area (Å²) in [5.41, 5.74) is 0. The Balaban J connectivity index is 3.76. The molecule has 2 N–H and O–H groups in total. The molecule has 0 saturated heterocycles. The Morgan fingerprint density at radius 2 is 1.58 bits per heavy atom. The maximum absolute atomic E-state index is 11.7. The molecule has 0 saturated carbocycles. The molecule has 0 aliphatic carbocycles. The first-order valence-electron chi connectivity index (χ1n) is 6.99. The molecule has 0 radical (unpaired) electrons. The van der Waals surface area contributed by atoms with Gasteiger partial charge in [0, 0.05) is 6.61 Å². The summed E-state index contributed by atoms with van der Waals surface area (Å²) in [4.78, 5) is 0. The molecule has 6 heteroatoms. The number of nitrogens with zero attached hydrogens (tertiary/aromatic N) is 2. The normalized spacial score (nSPS) is 14.7. The third-order valence-electron chi connectivity index (χ3n) is 2.65. The van der Waals surface area contributed by atoms with Crippen LogP contribution in [-0.4, -0.2) is 83.7 Å². The number of hydrogen-bond donors (Lipinski definition) is 2. The van der Waals surface area contributed by atoms with Crippen LogP contribution in [0.15, 0.2) is 0 Å². The smallest absolute Gasteiger partial charge is 0.132 e. The molecular formula is C13H33N4O2+. The fraction of sp³-hybridized carbons (Fsp3) is 1.00. The van der Waals surface area contributed by atoms with Crippen LogP contribution >= 0.6 is 0 Å². The maximum atomic E-state index is 11.7. The standard InChI is InChI=1S/C13H33N4O2/c1-7-9-19-10-8-17(5,6)12-15-13(18)14-11-16(2,3)4/h13-15H,7-12H2,1-6H3/q+1. The minimum absolute atomic E-state index is 0.633. The highest BCUT2D eigenvalue weighted by Crippen LogP contribution is 1.95. The Kier molecular flexibility index (Phi) is 8.73. The van der Waals surface area contributed by atoms with Crippen molar-refractivity contribution >= 4 is 0 Å². The maximum Gasteiger partial charge on any atom is 0.132 e. The second kappa shape index (κ2) is 8.84. The molecule has 116 valence electrons. The van der Waals surface area contributed by atoms with Crippen molar-refractivity contribution in [1.82, 2.24) is 10.6 Å². The quantitative estimate of drug-likeness (QED) is 0.287. The van der Waals surface area contributed by atoms with Crippen LogP contribution in [0.25, 0.3) is 0 Å². The van der Waals surface area contributed by atoms with E-state index in [0.717, 1.165) is 35.1 Å². The summed E-state index contributed by atoms with van der Waals surface area (Å²) < 4.78 is 6.93. The van der Waals surface area contributed by atoms with Gasteiger partial charge < -0.3 is 18.8 Å². The minimum atomic E-state index is -0.925. The Labute approximate surface area is 118 Å². The van der Waals surface area contributed by atoms with E-state index in [0.29, 0.717) is 13.3 Å². The summed E-state index contributed by atoms with van der Waals surface area (Å²) in [5.74, 6) is 0. The van der Waals surface area contributed by atoms with Crippen LogP contribution in [0.1, 0.15) is 13.3 Å². The molecule has 0 aromatic carbocycles. The van der Waals surface area contributed by atoms with Crippen molar-refractivity contribution in [2.45, 2.75) is 19.7 Å². The number of nitrogens with one attached hydrogen (secondary N) is 2. The minimum Gasteiger partial charge on any atom is -0.829 e. The fourth-order valence-corrected chi connectivity index (χ4v) is 1.40. The van der Waals surface area contributed by atoms with E-state index in [1.54, 1.807) is 0 Å². The van der Waals surface area contributed by atoms with Gasteiger partial charge in [0.05, 0.1) is 41.8 Å². The molecule has 0 fully saturated rings. The topological polar surface area (TPSA) is 56.3 Å². The molecule has 0 aliphatic rings. The predicted molar refractivity (Wildman–Crippen MR) is 75.9 cm³/mol. The fourth-order valence-electron chi connectivity index (χ4n) is 1.40. The molecule has 0 bridgehead atoms. The van der Waals surface area contributed by atoms with Crippen molar-refractivity contribution in [3.63, 3.8) is 0 Å². The Morgan fingerprint density at radius 3 is 2.11 bits per heavy atom. The summed E-state index contributed by atoms with van der Waals surface area (Å²) >= 11 is 0. The lowest BCUT2D eigenvalue weighted by molar-refractivity contribution is -0.895. The van der Waals surface area contributed by atoms with Crippen LogP contribution in [0, 0.1) is 0 Å². The van der Waals surface area contributed by atoms with Crippen LogP contribution in [0.2, 0.25) is 0 Å². The van der Waals surface area contributed by atoms with Gasteiger partial charge in [-0.25, -0.2) is 0 Å². The first-order chi connectivity index (χ1) is 8.66. The van der Waals surface area contributed by atoms with Crippen LogP contribution in [-0.2, 0) is 4.74 Å². The van der Waals surface area contributed by atoms with E-state index in [2.05, 4.69) is 31.7 Å². The van der Waals surface area contributed by atoms with Crippen molar-refractivity contribution in [2.75, 3.05) is 68.3 Å². The lowest BCUT2D eigenvalue weighted by Gasteiger charge is -2.35. The highest BCUT2D eigenvalue weighted by atomic mass is 16.5. The SMILES string of the molecule is CCCOCC[N+](C)(C)CNC([O-])NC[N+](C)(C)C. The van der Waals surface area contributed by atoms with Crippen LogP contribution < -0.4 is 15.7 Å². The second-order valence-corrected chi connectivity index (χ2v) is 6.67. The van der Waals surface area contributed by atoms with Crippen molar-refractivity contribution in [1.29, 1.82) is 0 Å². The number of likely N-dealkylation sites (N-methyl/N-ethyl adjacent to an activating group) is 1. The number of quaternary nitrogens is 2. The van der Waals surface area contributed by atoms with Crippen LogP contribution in [0.3, 0.4) is 0 Å². The lowest BCUT2D eigenvalue weighted by Crippen LogP contribution is -2.61. The van der Waals surface area contributed by atoms with Crippen molar-refractivity contribution in [2.24, 2.45) is 0 Å². The summed E-state index contributed by atoms with van der Waals surface area (Å²) in [5, 5.41) is 17.6. The molecule has 0 heterocycles. The van der Waals surface area contributed by atoms with E-state index in [9.17, 15) is 5.11 Å². The van der Waals surface area contributed by atoms with Crippen molar-refractivity contribution in [3.8, 4) is 0 Å². The van der Waals surface area contributed by atoms with Gasteiger partial charge >= 0.3 is 0 Å². The molecular weight excluding hydrogens is 244 g/mol. The highest BCUT2D eigenvalue weighted by Gasteiger charge is 2.15. The summed E-state index contributed by atoms with van der Waals surface area (Å²) in [7, 11) is 10.3. The van der Waals surface area contributed by atoms with E-state index in [1.165, 1.54) is 0 Å². The van der Waals surface area contributed by atoms with Gasteiger partial charge in [-0.15, -0.1) is 0 Å². The van der Waals surface area contributed by atoms with Gasteiger partial charge in [-0.3, -0.25) is 10.6 Å². The second-order valence-electron chi connectivity index (χ2n) is 6.67. The summed E-state index contributed by atoms with van der Waals surface area (Å²) in [6, 6.07) is 0. The zero-order valence-electron chi connectivity index (χ0n) is 13.5. The van der Waals surface area contributed by atoms with Gasteiger partial charge in [-0.05, 0) is 12.8 Å². The van der Waals surface area contributed by atoms with Crippen LogP contribution in [0.5, 0.6) is 0 Å². The van der Waals surface area contributed by atoms with Gasteiger partial charge in [0.25, 0.3) is 0 Å². The first-order valence-corrected chi connectivity index (χ1v) is 6.99. The molecule has 1 unspecified atom stereocenters. The zero-order valence-corrected chi connectivity index (χ0v) is 13.5. The molecule has 19 heavy (non-hydrogen) atoms. The third-order valence-corrected chi connectivity index (χ3v) is 2.65. The largest absolute Gasteiger partial charge is 0.829 e. The molecule has 0 aromatic heterocycles. The molecule has 6 nitrogen and oxygen atoms in total. The summed E-state index contributed by atoms with van der Waals surface area (Å²) in [6.07, 6.45) is 0.120. The van der Waals surface area contributed by atoms with E-state index >= 15 is 0 Å². The van der Waals surface area contributed by atoms with E-state index < -0.39 is 6.35 Å². The highest BCUT2D eigenvalue weighted by molar-refractivity contribution is 4.42. The molecule has 0 aliphatic heterocycles. The van der Waals surface area contributed by atoms with Gasteiger partial charge in [0.15, 0.2) is 0 Å². The molecule has 1 atom stereocenters. The Bertz CT molecular complexity index is 229. The average molecular weight is 277 g/mol.